The van der Waals surface area contributed by atoms with Crippen molar-refractivity contribution >= 4 is 0 Å². The summed E-state index contributed by atoms with van der Waals surface area (Å²) in [5, 5.41) is 22.1. The summed E-state index contributed by atoms with van der Waals surface area (Å²) in [7, 11) is 1.73. The van der Waals surface area contributed by atoms with Crippen LogP contribution < -0.4 is 0 Å². The van der Waals surface area contributed by atoms with E-state index in [-0.39, 0.29) is 0 Å². The molecule has 14 heavy (non-hydrogen) atoms. The molecule has 5 heteroatoms. The molecule has 1 saturated carbocycles. The van der Waals surface area contributed by atoms with Crippen LogP contribution in [0.4, 0.5) is 0 Å². The average Bonchev–Trinajstić information content (AvgIpc) is 2.62. The van der Waals surface area contributed by atoms with Crippen LogP contribution in [0, 0.1) is 5.92 Å². The van der Waals surface area contributed by atoms with Crippen molar-refractivity contribution in [1.29, 1.82) is 0 Å². The molecule has 2 atom stereocenters. The maximum absolute atomic E-state index is 10.3. The van der Waals surface area contributed by atoms with Gasteiger partial charge in [-0.15, -0.1) is 10.2 Å². The largest absolute Gasteiger partial charge is 0.389 e. The van der Waals surface area contributed by atoms with Crippen LogP contribution in [-0.4, -0.2) is 30.9 Å². The highest BCUT2D eigenvalue weighted by Gasteiger charge is 2.39. The van der Waals surface area contributed by atoms with E-state index in [4.69, 9.17) is 0 Å². The molecule has 1 aliphatic carbocycles. The first-order valence-electron chi connectivity index (χ1n) is 5.05. The van der Waals surface area contributed by atoms with Gasteiger partial charge in [0.1, 0.15) is 0 Å². The zero-order valence-electron chi connectivity index (χ0n) is 8.64. The molecule has 1 aliphatic rings. The number of hydrogen-bond donors (Lipinski definition) is 1. The first-order valence-corrected chi connectivity index (χ1v) is 5.05. The van der Waals surface area contributed by atoms with Gasteiger partial charge in [-0.25, -0.2) is 0 Å². The second-order valence-corrected chi connectivity index (χ2v) is 4.27. The van der Waals surface area contributed by atoms with Crippen molar-refractivity contribution in [3.05, 3.63) is 5.82 Å². The summed E-state index contributed by atoms with van der Waals surface area (Å²) in [6, 6.07) is 0. The van der Waals surface area contributed by atoms with Crippen LogP contribution in [0.15, 0.2) is 0 Å². The number of tetrazole rings is 1. The van der Waals surface area contributed by atoms with Gasteiger partial charge in [-0.05, 0) is 24.0 Å². The van der Waals surface area contributed by atoms with Gasteiger partial charge in [0.15, 0.2) is 5.82 Å². The quantitative estimate of drug-likeness (QED) is 0.739. The molecule has 0 aromatic carbocycles. The first kappa shape index (κ1) is 9.58. The molecule has 0 radical (unpaired) electrons. The third kappa shape index (κ3) is 1.64. The lowest BCUT2D eigenvalue weighted by molar-refractivity contribution is 0.00774. The minimum absolute atomic E-state index is 0.339. The molecule has 0 spiro atoms. The normalized spacial score (nSPS) is 32.4. The van der Waals surface area contributed by atoms with Gasteiger partial charge in [0.05, 0.1) is 12.6 Å². The third-order valence-electron chi connectivity index (χ3n) is 3.18. The van der Waals surface area contributed by atoms with Crippen LogP contribution in [0.1, 0.15) is 32.0 Å². The number of aryl methyl sites for hydroxylation is 1. The molecule has 1 N–H and O–H groups in total. The first-order chi connectivity index (χ1) is 6.60. The summed E-state index contributed by atoms with van der Waals surface area (Å²) in [6.45, 7) is 2.09. The topological polar surface area (TPSA) is 63.8 Å². The Labute approximate surface area is 83.1 Å². The molecule has 2 rings (SSSR count). The van der Waals surface area contributed by atoms with Gasteiger partial charge in [-0.3, -0.25) is 0 Å². The fraction of sp³-hybridized carbons (Fsp3) is 0.889. The van der Waals surface area contributed by atoms with E-state index < -0.39 is 5.60 Å². The monoisotopic (exact) mass is 196 g/mol. The summed E-state index contributed by atoms with van der Waals surface area (Å²) in [4.78, 5) is 1.43. The Kier molecular flexibility index (Phi) is 2.26. The number of rotatable bonds is 2. The van der Waals surface area contributed by atoms with Crippen LogP contribution in [-0.2, 0) is 13.5 Å². The van der Waals surface area contributed by atoms with Crippen LogP contribution in [0.3, 0.4) is 0 Å². The van der Waals surface area contributed by atoms with E-state index in [2.05, 4.69) is 22.3 Å². The molecule has 5 nitrogen and oxygen atoms in total. The van der Waals surface area contributed by atoms with E-state index in [9.17, 15) is 5.11 Å². The van der Waals surface area contributed by atoms with E-state index >= 15 is 0 Å². The molecule has 0 amide bonds. The van der Waals surface area contributed by atoms with Gasteiger partial charge in [-0.1, -0.05) is 13.3 Å². The maximum Gasteiger partial charge on any atom is 0.177 e. The molecule has 0 aliphatic heterocycles. The van der Waals surface area contributed by atoms with Crippen molar-refractivity contribution in [3.63, 3.8) is 0 Å². The predicted octanol–water partition coefficient (Wildman–Crippen LogP) is 0.304. The van der Waals surface area contributed by atoms with Gasteiger partial charge >= 0.3 is 0 Å². The van der Waals surface area contributed by atoms with Crippen molar-refractivity contribution in [1.82, 2.24) is 20.2 Å². The van der Waals surface area contributed by atoms with Crippen molar-refractivity contribution in [3.8, 4) is 0 Å². The zero-order chi connectivity index (χ0) is 10.2. The van der Waals surface area contributed by atoms with Crippen LogP contribution in [0.25, 0.3) is 0 Å². The standard InChI is InChI=1S/C9H16N4O/c1-7-4-3-5-9(7,14)6-8-10-12-13(2)11-8/h7,14H,3-6H2,1-2H3. The summed E-state index contributed by atoms with van der Waals surface area (Å²) in [5.74, 6) is 0.982. The number of aliphatic hydroxyl groups is 1. The van der Waals surface area contributed by atoms with Crippen molar-refractivity contribution in [2.24, 2.45) is 13.0 Å². The molecule has 1 aromatic heterocycles. The predicted molar refractivity (Wildman–Crippen MR) is 50.5 cm³/mol. The Morgan fingerprint density at radius 3 is 2.93 bits per heavy atom. The summed E-state index contributed by atoms with van der Waals surface area (Å²) in [6.07, 6.45) is 3.57. The lowest BCUT2D eigenvalue weighted by Gasteiger charge is -2.25. The van der Waals surface area contributed by atoms with E-state index in [1.807, 2.05) is 0 Å². The molecule has 0 bridgehead atoms. The summed E-state index contributed by atoms with van der Waals surface area (Å²) < 4.78 is 0. The van der Waals surface area contributed by atoms with E-state index in [1.54, 1.807) is 7.05 Å². The highest BCUT2D eigenvalue weighted by atomic mass is 16.3. The second-order valence-electron chi connectivity index (χ2n) is 4.27. The molecule has 78 valence electrons. The van der Waals surface area contributed by atoms with E-state index in [0.29, 0.717) is 18.2 Å². The number of aromatic nitrogens is 4. The number of hydrogen-bond acceptors (Lipinski definition) is 4. The molecular weight excluding hydrogens is 180 g/mol. The molecule has 0 saturated heterocycles. The Hall–Kier alpha value is -0.970. The lowest BCUT2D eigenvalue weighted by atomic mass is 9.89. The Morgan fingerprint density at radius 2 is 2.43 bits per heavy atom. The van der Waals surface area contributed by atoms with Gasteiger partial charge < -0.3 is 5.11 Å². The minimum Gasteiger partial charge on any atom is -0.389 e. The Bertz CT molecular complexity index is 324. The highest BCUT2D eigenvalue weighted by molar-refractivity contribution is 4.97. The minimum atomic E-state index is -0.608. The van der Waals surface area contributed by atoms with Gasteiger partial charge in [0, 0.05) is 6.42 Å². The Balaban J connectivity index is 2.10. The van der Waals surface area contributed by atoms with Crippen LogP contribution >= 0.6 is 0 Å². The molecular formula is C9H16N4O. The van der Waals surface area contributed by atoms with Crippen LogP contribution in [0.2, 0.25) is 0 Å². The zero-order valence-corrected chi connectivity index (χ0v) is 8.64. The van der Waals surface area contributed by atoms with E-state index in [1.165, 1.54) is 4.80 Å². The lowest BCUT2D eigenvalue weighted by Crippen LogP contribution is -2.34. The summed E-state index contributed by atoms with van der Waals surface area (Å²) >= 11 is 0. The second kappa shape index (κ2) is 3.31. The maximum atomic E-state index is 10.3. The highest BCUT2D eigenvalue weighted by Crippen LogP contribution is 2.37. The molecule has 1 fully saturated rings. The number of nitrogens with zero attached hydrogens (tertiary/aromatic N) is 4. The fourth-order valence-electron chi connectivity index (χ4n) is 2.16. The van der Waals surface area contributed by atoms with Crippen LogP contribution in [0.5, 0.6) is 0 Å². The van der Waals surface area contributed by atoms with Crippen molar-refractivity contribution in [2.75, 3.05) is 0 Å². The molecule has 2 unspecified atom stereocenters. The average molecular weight is 196 g/mol. The van der Waals surface area contributed by atoms with Gasteiger partial charge in [0.2, 0.25) is 0 Å². The van der Waals surface area contributed by atoms with Gasteiger partial charge in [-0.2, -0.15) is 4.80 Å². The molecule has 1 aromatic rings. The van der Waals surface area contributed by atoms with Gasteiger partial charge in [0.25, 0.3) is 0 Å². The van der Waals surface area contributed by atoms with Crippen molar-refractivity contribution in [2.45, 2.75) is 38.2 Å². The Morgan fingerprint density at radius 1 is 1.64 bits per heavy atom. The fourth-order valence-corrected chi connectivity index (χ4v) is 2.16. The summed E-state index contributed by atoms with van der Waals surface area (Å²) in [5.41, 5.74) is -0.608. The SMILES string of the molecule is CC1CCCC1(O)Cc1nnn(C)n1. The molecule has 1 heterocycles. The third-order valence-corrected chi connectivity index (χ3v) is 3.18. The van der Waals surface area contributed by atoms with Crippen molar-refractivity contribution < 1.29 is 5.11 Å². The smallest absolute Gasteiger partial charge is 0.177 e. The van der Waals surface area contributed by atoms with E-state index in [0.717, 1.165) is 19.3 Å².